The number of amides is 2. The molecule has 1 aromatic carbocycles. The molecule has 1 aromatic rings. The van der Waals surface area contributed by atoms with E-state index in [0.29, 0.717) is 11.3 Å². The molecule has 0 aliphatic heterocycles. The van der Waals surface area contributed by atoms with Crippen molar-refractivity contribution in [1.29, 1.82) is 0 Å². The number of carbonyl (C=O) groups excluding carboxylic acids is 2. The average molecular weight is 249 g/mol. The highest BCUT2D eigenvalue weighted by atomic mass is 16.2. The molecular formula is C13H19N3O2. The first-order valence-corrected chi connectivity index (χ1v) is 5.91. The summed E-state index contributed by atoms with van der Waals surface area (Å²) in [6.45, 7) is 3.81. The topological polar surface area (TPSA) is 98.2 Å². The largest absolute Gasteiger partial charge is 0.399 e. The molecule has 0 heterocycles. The van der Waals surface area contributed by atoms with Crippen LogP contribution in [0.1, 0.15) is 30.6 Å². The third-order valence-corrected chi connectivity index (χ3v) is 2.98. The van der Waals surface area contributed by atoms with E-state index < -0.39 is 11.9 Å². The minimum Gasteiger partial charge on any atom is -0.399 e. The second-order valence-electron chi connectivity index (χ2n) is 4.36. The highest BCUT2D eigenvalue weighted by molar-refractivity contribution is 5.97. The van der Waals surface area contributed by atoms with Crippen LogP contribution in [-0.2, 0) is 4.79 Å². The molecule has 0 spiro atoms. The quantitative estimate of drug-likeness (QED) is 0.676. The van der Waals surface area contributed by atoms with Crippen LogP contribution in [0, 0.1) is 5.92 Å². The molecular weight excluding hydrogens is 230 g/mol. The standard InChI is InChI=1S/C13H19N3O2/c1-3-8(2)11(12(15)17)16-13(18)9-4-6-10(14)7-5-9/h4-8,11H,3,14H2,1-2H3,(H2,15,17)(H,16,18). The summed E-state index contributed by atoms with van der Waals surface area (Å²) in [4.78, 5) is 23.2. The van der Waals surface area contributed by atoms with Crippen LogP contribution >= 0.6 is 0 Å². The first kappa shape index (κ1) is 14.0. The van der Waals surface area contributed by atoms with Crippen LogP contribution in [0.2, 0.25) is 0 Å². The maximum Gasteiger partial charge on any atom is 0.251 e. The van der Waals surface area contributed by atoms with Gasteiger partial charge in [0, 0.05) is 11.3 Å². The van der Waals surface area contributed by atoms with Gasteiger partial charge in [-0.1, -0.05) is 20.3 Å². The highest BCUT2D eigenvalue weighted by Crippen LogP contribution is 2.10. The molecule has 0 fully saturated rings. The molecule has 1 rings (SSSR count). The molecule has 18 heavy (non-hydrogen) atoms. The number of nitrogen functional groups attached to an aromatic ring is 1. The van der Waals surface area contributed by atoms with Gasteiger partial charge in [0.1, 0.15) is 6.04 Å². The SMILES string of the molecule is CCC(C)C(NC(=O)c1ccc(N)cc1)C(N)=O. The fourth-order valence-electron chi connectivity index (χ4n) is 1.59. The van der Waals surface area contributed by atoms with E-state index in [-0.39, 0.29) is 11.8 Å². The molecule has 2 unspecified atom stereocenters. The summed E-state index contributed by atoms with van der Waals surface area (Å²) >= 11 is 0. The van der Waals surface area contributed by atoms with Gasteiger partial charge in [0.15, 0.2) is 0 Å². The second kappa shape index (κ2) is 6.05. The fraction of sp³-hybridized carbons (Fsp3) is 0.385. The molecule has 0 aromatic heterocycles. The van der Waals surface area contributed by atoms with Gasteiger partial charge in [0.25, 0.3) is 5.91 Å². The molecule has 5 nitrogen and oxygen atoms in total. The van der Waals surface area contributed by atoms with Crippen molar-refractivity contribution in [2.24, 2.45) is 11.7 Å². The van der Waals surface area contributed by atoms with Crippen molar-refractivity contribution in [1.82, 2.24) is 5.32 Å². The number of primary amides is 1. The smallest absolute Gasteiger partial charge is 0.251 e. The predicted octanol–water partition coefficient (Wildman–Crippen LogP) is 0.899. The third kappa shape index (κ3) is 3.48. The first-order valence-electron chi connectivity index (χ1n) is 5.91. The number of rotatable bonds is 5. The van der Waals surface area contributed by atoms with Crippen molar-refractivity contribution in [3.8, 4) is 0 Å². The zero-order valence-electron chi connectivity index (χ0n) is 10.6. The predicted molar refractivity (Wildman–Crippen MR) is 70.8 cm³/mol. The Morgan fingerprint density at radius 3 is 2.28 bits per heavy atom. The van der Waals surface area contributed by atoms with Gasteiger partial charge in [-0.05, 0) is 30.2 Å². The van der Waals surface area contributed by atoms with E-state index in [1.807, 2.05) is 13.8 Å². The molecule has 98 valence electrons. The third-order valence-electron chi connectivity index (χ3n) is 2.98. The van der Waals surface area contributed by atoms with Gasteiger partial charge < -0.3 is 16.8 Å². The highest BCUT2D eigenvalue weighted by Gasteiger charge is 2.23. The van der Waals surface area contributed by atoms with Crippen LogP contribution in [0.5, 0.6) is 0 Å². The summed E-state index contributed by atoms with van der Waals surface area (Å²) < 4.78 is 0. The minimum atomic E-state index is -0.653. The maximum atomic E-state index is 11.9. The van der Waals surface area contributed by atoms with Crippen molar-refractivity contribution >= 4 is 17.5 Å². The van der Waals surface area contributed by atoms with E-state index in [9.17, 15) is 9.59 Å². The summed E-state index contributed by atoms with van der Waals surface area (Å²) in [7, 11) is 0. The van der Waals surface area contributed by atoms with Crippen molar-refractivity contribution < 1.29 is 9.59 Å². The monoisotopic (exact) mass is 249 g/mol. The Bertz CT molecular complexity index is 428. The minimum absolute atomic E-state index is 0.000215. The fourth-order valence-corrected chi connectivity index (χ4v) is 1.59. The van der Waals surface area contributed by atoms with Gasteiger partial charge in [0.2, 0.25) is 5.91 Å². The Hall–Kier alpha value is -2.04. The molecule has 2 atom stereocenters. The van der Waals surface area contributed by atoms with E-state index in [1.165, 1.54) is 0 Å². The summed E-state index contributed by atoms with van der Waals surface area (Å²) in [5, 5.41) is 2.65. The van der Waals surface area contributed by atoms with Gasteiger partial charge >= 0.3 is 0 Å². The molecule has 0 saturated heterocycles. The Labute approximate surface area is 107 Å². The van der Waals surface area contributed by atoms with Crippen LogP contribution < -0.4 is 16.8 Å². The Balaban J connectivity index is 2.78. The summed E-state index contributed by atoms with van der Waals surface area (Å²) in [5.41, 5.74) is 11.9. The van der Waals surface area contributed by atoms with E-state index in [2.05, 4.69) is 5.32 Å². The van der Waals surface area contributed by atoms with Crippen molar-refractivity contribution in [2.75, 3.05) is 5.73 Å². The van der Waals surface area contributed by atoms with E-state index in [4.69, 9.17) is 11.5 Å². The van der Waals surface area contributed by atoms with Crippen LogP contribution in [0.25, 0.3) is 0 Å². The van der Waals surface area contributed by atoms with E-state index in [0.717, 1.165) is 6.42 Å². The lowest BCUT2D eigenvalue weighted by Gasteiger charge is -2.21. The molecule has 0 saturated carbocycles. The molecule has 5 N–H and O–H groups in total. The zero-order chi connectivity index (χ0) is 13.7. The lowest BCUT2D eigenvalue weighted by molar-refractivity contribution is -0.120. The van der Waals surface area contributed by atoms with Crippen LogP contribution in [-0.4, -0.2) is 17.9 Å². The number of nitrogens with one attached hydrogen (secondary N) is 1. The van der Waals surface area contributed by atoms with Crippen molar-refractivity contribution in [2.45, 2.75) is 26.3 Å². The second-order valence-corrected chi connectivity index (χ2v) is 4.36. The van der Waals surface area contributed by atoms with Crippen LogP contribution in [0.3, 0.4) is 0 Å². The molecule has 0 aliphatic rings. The summed E-state index contributed by atoms with van der Waals surface area (Å²) in [6, 6.07) is 5.84. The lowest BCUT2D eigenvalue weighted by atomic mass is 9.98. The Morgan fingerprint density at radius 2 is 1.83 bits per heavy atom. The molecule has 5 heteroatoms. The van der Waals surface area contributed by atoms with Gasteiger partial charge in [-0.3, -0.25) is 9.59 Å². The Kier molecular flexibility index (Phi) is 4.71. The van der Waals surface area contributed by atoms with Crippen molar-refractivity contribution in [3.05, 3.63) is 29.8 Å². The number of hydrogen-bond acceptors (Lipinski definition) is 3. The Morgan fingerprint density at radius 1 is 1.28 bits per heavy atom. The molecule has 0 bridgehead atoms. The van der Waals surface area contributed by atoms with Gasteiger partial charge in [0.05, 0.1) is 0 Å². The van der Waals surface area contributed by atoms with Crippen LogP contribution in [0.15, 0.2) is 24.3 Å². The van der Waals surface area contributed by atoms with Gasteiger partial charge in [-0.25, -0.2) is 0 Å². The number of nitrogens with two attached hydrogens (primary N) is 2. The number of anilines is 1. The zero-order valence-corrected chi connectivity index (χ0v) is 10.6. The van der Waals surface area contributed by atoms with Gasteiger partial charge in [-0.15, -0.1) is 0 Å². The molecule has 0 aliphatic carbocycles. The van der Waals surface area contributed by atoms with Crippen LogP contribution in [0.4, 0.5) is 5.69 Å². The van der Waals surface area contributed by atoms with Gasteiger partial charge in [-0.2, -0.15) is 0 Å². The number of hydrogen-bond donors (Lipinski definition) is 3. The van der Waals surface area contributed by atoms with E-state index in [1.54, 1.807) is 24.3 Å². The first-order chi connectivity index (χ1) is 8.45. The number of benzene rings is 1. The van der Waals surface area contributed by atoms with E-state index >= 15 is 0 Å². The molecule has 2 amide bonds. The summed E-state index contributed by atoms with van der Waals surface area (Å²) in [5.74, 6) is -0.840. The number of carbonyl (C=O) groups is 2. The van der Waals surface area contributed by atoms with Crippen molar-refractivity contribution in [3.63, 3.8) is 0 Å². The maximum absolute atomic E-state index is 11.9. The average Bonchev–Trinajstić information content (AvgIpc) is 2.35. The molecule has 0 radical (unpaired) electrons. The summed E-state index contributed by atoms with van der Waals surface area (Å²) in [6.07, 6.45) is 0.760. The normalized spacial score (nSPS) is 13.7. The lowest BCUT2D eigenvalue weighted by Crippen LogP contribution is -2.48.